The number of aromatic nitrogens is 3. The first-order valence-electron chi connectivity index (χ1n) is 6.03. The van der Waals surface area contributed by atoms with Gasteiger partial charge in [-0.2, -0.15) is 0 Å². The smallest absolute Gasteiger partial charge is 0.313 e. The summed E-state index contributed by atoms with van der Waals surface area (Å²) in [7, 11) is 0. The fourth-order valence-electron chi connectivity index (χ4n) is 1.91. The Morgan fingerprint density at radius 2 is 2.29 bits per heavy atom. The van der Waals surface area contributed by atoms with E-state index in [0.717, 1.165) is 20.4 Å². The van der Waals surface area contributed by atoms with Gasteiger partial charge in [0.15, 0.2) is 10.8 Å². The Balaban J connectivity index is 2.00. The monoisotopic (exact) mass is 339 g/mol. The molecule has 0 atom stereocenters. The SMILES string of the molecule is O=C(O)CSc1nc2cccnc2n1Cc1ccc(Cl)s1. The molecule has 8 heteroatoms. The van der Waals surface area contributed by atoms with Crippen LogP contribution in [0.5, 0.6) is 0 Å². The molecule has 3 rings (SSSR count). The molecule has 0 spiro atoms. The second-order valence-electron chi connectivity index (χ2n) is 4.21. The third-order valence-electron chi connectivity index (χ3n) is 2.74. The Morgan fingerprint density at radius 3 is 3.00 bits per heavy atom. The number of aliphatic carboxylic acids is 1. The van der Waals surface area contributed by atoms with Gasteiger partial charge >= 0.3 is 5.97 Å². The predicted octanol–water partition coefficient (Wildman–Crippen LogP) is 3.37. The summed E-state index contributed by atoms with van der Waals surface area (Å²) in [5.74, 6) is -0.903. The lowest BCUT2D eigenvalue weighted by molar-refractivity contribution is -0.133. The minimum absolute atomic E-state index is 0.0332. The molecule has 0 bridgehead atoms. The molecule has 3 aromatic heterocycles. The van der Waals surface area contributed by atoms with Crippen molar-refractivity contribution in [3.63, 3.8) is 0 Å². The highest BCUT2D eigenvalue weighted by atomic mass is 35.5. The molecule has 0 aliphatic rings. The highest BCUT2D eigenvalue weighted by molar-refractivity contribution is 7.99. The number of thioether (sulfide) groups is 1. The first-order valence-corrected chi connectivity index (χ1v) is 8.21. The lowest BCUT2D eigenvalue weighted by atomic mass is 10.4. The third kappa shape index (κ3) is 3.20. The first-order chi connectivity index (χ1) is 10.1. The second-order valence-corrected chi connectivity index (χ2v) is 6.96. The van der Waals surface area contributed by atoms with Gasteiger partial charge in [-0.15, -0.1) is 11.3 Å². The fraction of sp³-hybridized carbons (Fsp3) is 0.154. The van der Waals surface area contributed by atoms with Crippen LogP contribution in [0.4, 0.5) is 0 Å². The average molecular weight is 340 g/mol. The molecular weight excluding hydrogens is 330 g/mol. The molecule has 0 saturated heterocycles. The van der Waals surface area contributed by atoms with E-state index in [9.17, 15) is 4.79 Å². The highest BCUT2D eigenvalue weighted by Crippen LogP contribution is 2.27. The molecule has 0 unspecified atom stereocenters. The summed E-state index contributed by atoms with van der Waals surface area (Å²) in [6, 6.07) is 7.48. The Hall–Kier alpha value is -1.57. The van der Waals surface area contributed by atoms with Crippen molar-refractivity contribution >= 4 is 51.8 Å². The van der Waals surface area contributed by atoms with Crippen molar-refractivity contribution in [3.8, 4) is 0 Å². The minimum Gasteiger partial charge on any atom is -0.481 e. The molecule has 0 aromatic carbocycles. The molecule has 5 nitrogen and oxygen atoms in total. The molecule has 108 valence electrons. The summed E-state index contributed by atoms with van der Waals surface area (Å²) >= 11 is 8.64. The van der Waals surface area contributed by atoms with Crippen LogP contribution in [0.25, 0.3) is 11.2 Å². The van der Waals surface area contributed by atoms with Gasteiger partial charge < -0.3 is 5.11 Å². The molecule has 3 heterocycles. The van der Waals surface area contributed by atoms with Crippen molar-refractivity contribution in [3.05, 3.63) is 39.7 Å². The van der Waals surface area contributed by atoms with Crippen LogP contribution in [0.2, 0.25) is 4.34 Å². The number of hydrogen-bond donors (Lipinski definition) is 1. The predicted molar refractivity (Wildman–Crippen MR) is 84.3 cm³/mol. The number of hydrogen-bond acceptors (Lipinski definition) is 5. The van der Waals surface area contributed by atoms with Gasteiger partial charge in [0, 0.05) is 11.1 Å². The number of carbonyl (C=O) groups is 1. The maximum atomic E-state index is 10.8. The number of carboxylic acids is 1. The van der Waals surface area contributed by atoms with E-state index in [1.54, 1.807) is 6.20 Å². The molecule has 21 heavy (non-hydrogen) atoms. The lowest BCUT2D eigenvalue weighted by Gasteiger charge is -2.05. The van der Waals surface area contributed by atoms with Crippen LogP contribution in [0.3, 0.4) is 0 Å². The largest absolute Gasteiger partial charge is 0.481 e. The van der Waals surface area contributed by atoms with E-state index in [2.05, 4.69) is 9.97 Å². The molecule has 0 aliphatic heterocycles. The Kier molecular flexibility index (Phi) is 4.14. The minimum atomic E-state index is -0.870. The molecule has 0 amide bonds. The van der Waals surface area contributed by atoms with Gasteiger partial charge in [0.1, 0.15) is 5.52 Å². The van der Waals surface area contributed by atoms with Crippen molar-refractivity contribution in [1.82, 2.24) is 14.5 Å². The molecule has 0 saturated carbocycles. The van der Waals surface area contributed by atoms with Gasteiger partial charge in [-0.25, -0.2) is 9.97 Å². The first kappa shape index (κ1) is 14.4. The topological polar surface area (TPSA) is 68.0 Å². The van der Waals surface area contributed by atoms with Crippen LogP contribution in [-0.4, -0.2) is 31.4 Å². The maximum absolute atomic E-state index is 10.8. The zero-order valence-electron chi connectivity index (χ0n) is 10.7. The average Bonchev–Trinajstić information content (AvgIpc) is 3.01. The summed E-state index contributed by atoms with van der Waals surface area (Å²) in [6.07, 6.45) is 1.70. The molecule has 1 N–H and O–H groups in total. The van der Waals surface area contributed by atoms with Crippen molar-refractivity contribution in [2.75, 3.05) is 5.75 Å². The van der Waals surface area contributed by atoms with Gasteiger partial charge in [0.25, 0.3) is 0 Å². The van der Waals surface area contributed by atoms with Crippen molar-refractivity contribution in [1.29, 1.82) is 0 Å². The summed E-state index contributed by atoms with van der Waals surface area (Å²) < 4.78 is 2.65. The number of pyridine rings is 1. The van der Waals surface area contributed by atoms with E-state index >= 15 is 0 Å². The number of fused-ring (bicyclic) bond motifs is 1. The number of halogens is 1. The number of thiophene rings is 1. The van der Waals surface area contributed by atoms with E-state index in [0.29, 0.717) is 11.7 Å². The fourth-order valence-corrected chi connectivity index (χ4v) is 3.71. The van der Waals surface area contributed by atoms with E-state index in [1.807, 2.05) is 28.8 Å². The quantitative estimate of drug-likeness (QED) is 0.722. The standard InChI is InChI=1S/C13H10ClN3O2S2/c14-10-4-3-8(21-10)6-17-12-9(2-1-5-15-12)16-13(17)20-7-11(18)19/h1-5H,6-7H2,(H,18,19). The van der Waals surface area contributed by atoms with Crippen LogP contribution in [0.15, 0.2) is 35.6 Å². The molecular formula is C13H10ClN3O2S2. The van der Waals surface area contributed by atoms with Gasteiger partial charge in [0.05, 0.1) is 16.6 Å². The van der Waals surface area contributed by atoms with Gasteiger partial charge in [-0.1, -0.05) is 23.4 Å². The van der Waals surface area contributed by atoms with Gasteiger partial charge in [-0.3, -0.25) is 9.36 Å². The summed E-state index contributed by atoms with van der Waals surface area (Å²) in [5, 5.41) is 9.49. The van der Waals surface area contributed by atoms with E-state index < -0.39 is 5.97 Å². The van der Waals surface area contributed by atoms with Crippen LogP contribution in [0.1, 0.15) is 4.88 Å². The van der Waals surface area contributed by atoms with Gasteiger partial charge in [0.2, 0.25) is 0 Å². The summed E-state index contributed by atoms with van der Waals surface area (Å²) in [6.45, 7) is 0.576. The maximum Gasteiger partial charge on any atom is 0.313 e. The second kappa shape index (κ2) is 6.05. The molecule has 0 fully saturated rings. The van der Waals surface area contributed by atoms with Gasteiger partial charge in [-0.05, 0) is 24.3 Å². The Bertz CT molecular complexity index is 800. The number of rotatable bonds is 5. The third-order valence-corrected chi connectivity index (χ3v) is 4.91. The van der Waals surface area contributed by atoms with E-state index in [-0.39, 0.29) is 5.75 Å². The summed E-state index contributed by atoms with van der Waals surface area (Å²) in [5.41, 5.74) is 1.50. The Labute approximate surface area is 133 Å². The zero-order valence-corrected chi connectivity index (χ0v) is 13.1. The zero-order chi connectivity index (χ0) is 14.8. The van der Waals surface area contributed by atoms with Crippen molar-refractivity contribution in [2.24, 2.45) is 0 Å². The van der Waals surface area contributed by atoms with Crippen LogP contribution in [0, 0.1) is 0 Å². The van der Waals surface area contributed by atoms with Crippen LogP contribution < -0.4 is 0 Å². The van der Waals surface area contributed by atoms with Crippen LogP contribution in [-0.2, 0) is 11.3 Å². The Morgan fingerprint density at radius 1 is 1.43 bits per heavy atom. The molecule has 3 aromatic rings. The molecule has 0 radical (unpaired) electrons. The van der Waals surface area contributed by atoms with E-state index in [4.69, 9.17) is 16.7 Å². The van der Waals surface area contributed by atoms with Crippen molar-refractivity contribution in [2.45, 2.75) is 11.7 Å². The highest BCUT2D eigenvalue weighted by Gasteiger charge is 2.14. The molecule has 0 aliphatic carbocycles. The lowest BCUT2D eigenvalue weighted by Crippen LogP contribution is -2.04. The number of nitrogens with zero attached hydrogens (tertiary/aromatic N) is 3. The normalized spacial score (nSPS) is 11.1. The van der Waals surface area contributed by atoms with E-state index in [1.165, 1.54) is 23.1 Å². The number of carboxylic acid groups (broad SMARTS) is 1. The van der Waals surface area contributed by atoms with Crippen LogP contribution >= 0.6 is 34.7 Å². The number of imidazole rings is 1. The summed E-state index contributed by atoms with van der Waals surface area (Å²) in [4.78, 5) is 20.6. The van der Waals surface area contributed by atoms with Crippen molar-refractivity contribution < 1.29 is 9.90 Å².